The van der Waals surface area contributed by atoms with E-state index in [9.17, 15) is 19.2 Å². The fourth-order valence-electron chi connectivity index (χ4n) is 2.77. The van der Waals surface area contributed by atoms with E-state index in [-0.39, 0.29) is 45.1 Å². The Hall–Kier alpha value is -3.62. The second kappa shape index (κ2) is 5.44. The van der Waals surface area contributed by atoms with E-state index in [1.54, 1.807) is 13.8 Å². The fraction of sp³-hybridized carbons (Fsp3) is 0.222. The van der Waals surface area contributed by atoms with Gasteiger partial charge in [0.2, 0.25) is 17.3 Å². The average molecular weight is 372 g/mol. The molecule has 9 nitrogen and oxygen atoms in total. The van der Waals surface area contributed by atoms with Crippen LogP contribution in [0.25, 0.3) is 11.2 Å². The minimum Gasteiger partial charge on any atom is -0.452 e. The van der Waals surface area contributed by atoms with E-state index in [1.165, 1.54) is 6.92 Å². The van der Waals surface area contributed by atoms with E-state index in [1.807, 2.05) is 0 Å². The summed E-state index contributed by atoms with van der Waals surface area (Å²) in [6.07, 6.45) is -0.536. The smallest absolute Gasteiger partial charge is 0.375 e. The molecule has 1 atom stereocenters. The summed E-state index contributed by atoms with van der Waals surface area (Å²) in [6.45, 7) is 8.09. The Balaban J connectivity index is 1.76. The molecule has 4 rings (SSSR count). The third-order valence-electron chi connectivity index (χ3n) is 4.31. The fourth-order valence-corrected chi connectivity index (χ4v) is 2.77. The van der Waals surface area contributed by atoms with Crippen LogP contribution in [0.1, 0.15) is 41.5 Å². The normalized spacial score (nSPS) is 18.1. The zero-order chi connectivity index (χ0) is 19.6. The van der Waals surface area contributed by atoms with Gasteiger partial charge in [0.15, 0.2) is 11.2 Å². The molecule has 0 aromatic carbocycles. The monoisotopic (exact) mass is 372 g/mol. The molecule has 1 unspecified atom stereocenters. The van der Waals surface area contributed by atoms with Crippen molar-refractivity contribution in [3.8, 4) is 11.5 Å². The highest BCUT2D eigenvalue weighted by Crippen LogP contribution is 2.52. The van der Waals surface area contributed by atoms with E-state index in [0.29, 0.717) is 5.57 Å². The first kappa shape index (κ1) is 16.8. The van der Waals surface area contributed by atoms with E-state index in [2.05, 4.69) is 6.58 Å². The minimum atomic E-state index is -1.03. The molecule has 0 fully saturated rings. The van der Waals surface area contributed by atoms with Crippen LogP contribution in [0.5, 0.6) is 11.5 Å². The van der Waals surface area contributed by atoms with Crippen LogP contribution >= 0.6 is 0 Å². The predicted molar refractivity (Wildman–Crippen MR) is 86.5 cm³/mol. The van der Waals surface area contributed by atoms with Crippen molar-refractivity contribution < 1.29 is 42.5 Å². The topological polar surface area (TPSA) is 118 Å². The second-order valence-corrected chi connectivity index (χ2v) is 6.18. The summed E-state index contributed by atoms with van der Waals surface area (Å²) in [4.78, 5) is 48.4. The Morgan fingerprint density at radius 2 is 1.81 bits per heavy atom. The van der Waals surface area contributed by atoms with Crippen molar-refractivity contribution in [2.24, 2.45) is 0 Å². The van der Waals surface area contributed by atoms with E-state index < -0.39 is 30.0 Å². The molecule has 2 bridgehead atoms. The summed E-state index contributed by atoms with van der Waals surface area (Å²) >= 11 is 0. The van der Waals surface area contributed by atoms with Gasteiger partial charge in [-0.2, -0.15) is 0 Å². The maximum Gasteiger partial charge on any atom is 0.375 e. The van der Waals surface area contributed by atoms with Crippen LogP contribution in [0.3, 0.4) is 0 Å². The molecule has 2 aromatic heterocycles. The molecule has 0 amide bonds. The number of carbonyl (C=O) groups excluding carboxylic acids is 4. The van der Waals surface area contributed by atoms with Gasteiger partial charge in [-0.25, -0.2) is 19.2 Å². The number of ether oxygens (including phenoxy) is 4. The molecule has 2 aliphatic rings. The minimum absolute atomic E-state index is 0.0282. The Kier molecular flexibility index (Phi) is 3.39. The largest absolute Gasteiger partial charge is 0.452 e. The summed E-state index contributed by atoms with van der Waals surface area (Å²) in [5.41, 5.74) is -0.110. The third kappa shape index (κ3) is 2.24. The Labute approximate surface area is 151 Å². The summed E-state index contributed by atoms with van der Waals surface area (Å²) in [5, 5.41) is 0. The molecule has 4 heterocycles. The second-order valence-electron chi connectivity index (χ2n) is 6.18. The molecule has 9 heteroatoms. The maximum atomic E-state index is 12.7. The summed E-state index contributed by atoms with van der Waals surface area (Å²) < 4.78 is 25.7. The Bertz CT molecular complexity index is 1100. The lowest BCUT2D eigenvalue weighted by atomic mass is 10.1. The number of hydrogen-bond donors (Lipinski definition) is 0. The predicted octanol–water partition coefficient (Wildman–Crippen LogP) is 2.26. The van der Waals surface area contributed by atoms with Crippen molar-refractivity contribution in [2.75, 3.05) is 0 Å². The molecule has 0 saturated carbocycles. The molecular weight excluding hydrogens is 360 g/mol. The molecule has 0 radical (unpaired) electrons. The first-order valence-electron chi connectivity index (χ1n) is 7.86. The van der Waals surface area contributed by atoms with Gasteiger partial charge in [-0.3, -0.25) is 0 Å². The van der Waals surface area contributed by atoms with Gasteiger partial charge in [-0.05, 0) is 20.8 Å². The van der Waals surface area contributed by atoms with Gasteiger partial charge in [-0.15, -0.1) is 0 Å². The van der Waals surface area contributed by atoms with Crippen molar-refractivity contribution >= 4 is 35.0 Å². The van der Waals surface area contributed by atoms with Crippen molar-refractivity contribution in [3.63, 3.8) is 0 Å². The van der Waals surface area contributed by atoms with Crippen LogP contribution in [0.2, 0.25) is 0 Å². The van der Waals surface area contributed by atoms with Gasteiger partial charge in [0.05, 0.1) is 0 Å². The number of rotatable bonds is 4. The van der Waals surface area contributed by atoms with Crippen molar-refractivity contribution in [2.45, 2.75) is 26.9 Å². The third-order valence-corrected chi connectivity index (χ3v) is 4.31. The van der Waals surface area contributed by atoms with Crippen molar-refractivity contribution in [1.82, 2.24) is 0 Å². The highest BCUT2D eigenvalue weighted by Gasteiger charge is 2.45. The van der Waals surface area contributed by atoms with Crippen LogP contribution in [0.4, 0.5) is 0 Å². The van der Waals surface area contributed by atoms with Crippen LogP contribution in [0, 0.1) is 0 Å². The van der Waals surface area contributed by atoms with Crippen LogP contribution in [-0.2, 0) is 19.1 Å². The quantitative estimate of drug-likeness (QED) is 0.452. The highest BCUT2D eigenvalue weighted by molar-refractivity contribution is 6.21. The van der Waals surface area contributed by atoms with E-state index >= 15 is 0 Å². The maximum absolute atomic E-state index is 12.7. The van der Waals surface area contributed by atoms with Gasteiger partial charge < -0.3 is 23.4 Å². The first-order chi connectivity index (χ1) is 12.7. The molecule has 0 spiro atoms. The molecule has 138 valence electrons. The molecule has 2 aromatic rings. The Morgan fingerprint density at radius 3 is 2.41 bits per heavy atom. The zero-order valence-electron chi connectivity index (χ0n) is 14.5. The van der Waals surface area contributed by atoms with Crippen molar-refractivity contribution in [3.05, 3.63) is 34.6 Å². The number of carbonyl (C=O) groups is 4. The lowest BCUT2D eigenvalue weighted by Crippen LogP contribution is -2.13. The van der Waals surface area contributed by atoms with Crippen LogP contribution in [0.15, 0.2) is 27.9 Å². The number of benzene rings is 1. The molecule has 2 aliphatic heterocycles. The van der Waals surface area contributed by atoms with Crippen LogP contribution in [-0.4, -0.2) is 30.0 Å². The van der Waals surface area contributed by atoms with Gasteiger partial charge in [-0.1, -0.05) is 6.58 Å². The SMILES string of the molecule is C=C(C)C(=O)Oc1c2c3oc1c(C(=O)OC1=C(C)C(C)OC1=O)c3C(=O)O2. The summed E-state index contributed by atoms with van der Waals surface area (Å²) in [7, 11) is 0. The van der Waals surface area contributed by atoms with Gasteiger partial charge >= 0.3 is 23.9 Å². The molecule has 0 N–H and O–H groups in total. The van der Waals surface area contributed by atoms with E-state index in [0.717, 1.165) is 0 Å². The highest BCUT2D eigenvalue weighted by atomic mass is 16.6. The number of fused-ring (bicyclic) bond motifs is 1. The van der Waals surface area contributed by atoms with Gasteiger partial charge in [0, 0.05) is 11.1 Å². The summed E-state index contributed by atoms with van der Waals surface area (Å²) in [6, 6.07) is 0. The zero-order valence-corrected chi connectivity index (χ0v) is 14.5. The number of hydrogen-bond acceptors (Lipinski definition) is 9. The first-order valence-corrected chi connectivity index (χ1v) is 7.86. The number of esters is 4. The Morgan fingerprint density at radius 1 is 1.11 bits per heavy atom. The van der Waals surface area contributed by atoms with Crippen molar-refractivity contribution in [1.29, 1.82) is 0 Å². The number of cyclic esters (lactones) is 1. The van der Waals surface area contributed by atoms with E-state index in [4.69, 9.17) is 23.4 Å². The molecule has 27 heavy (non-hydrogen) atoms. The standard InChI is InChI=1S/C18H12O9/c1-5(2)15(19)26-13-11-8(9-12(24-11)14(13)27-17(9)21)16(20)25-10-6(3)7(4)23-18(10)22/h7H,1H2,2-4H3. The molecular formula is C18H12O9. The lowest BCUT2D eigenvalue weighted by molar-refractivity contribution is -0.141. The average Bonchev–Trinajstić information content (AvgIpc) is 3.26. The molecule has 0 aliphatic carbocycles. The van der Waals surface area contributed by atoms with Crippen LogP contribution < -0.4 is 9.47 Å². The van der Waals surface area contributed by atoms with Gasteiger partial charge in [0.25, 0.3) is 0 Å². The summed E-state index contributed by atoms with van der Waals surface area (Å²) in [5.74, 6) is -4.02. The number of furan rings is 2. The van der Waals surface area contributed by atoms with Gasteiger partial charge in [0.1, 0.15) is 17.2 Å². The molecule has 0 saturated heterocycles. The lowest BCUT2D eigenvalue weighted by Gasteiger charge is -2.05.